The predicted octanol–water partition coefficient (Wildman–Crippen LogP) is 2.03. The summed E-state index contributed by atoms with van der Waals surface area (Å²) in [6, 6.07) is 17.7. The first-order valence-electron chi connectivity index (χ1n) is 7.64. The van der Waals surface area contributed by atoms with E-state index in [2.05, 4.69) is 20.8 Å². The molecule has 0 saturated heterocycles. The zero-order chi connectivity index (χ0) is 16.6. The van der Waals surface area contributed by atoms with E-state index in [-0.39, 0.29) is 5.91 Å². The molecular formula is C18H17N5O. The van der Waals surface area contributed by atoms with Gasteiger partial charge in [-0.25, -0.2) is 4.68 Å². The molecule has 0 saturated carbocycles. The van der Waals surface area contributed by atoms with Crippen molar-refractivity contribution in [1.29, 1.82) is 0 Å². The number of tetrazole rings is 1. The minimum atomic E-state index is -0.101. The van der Waals surface area contributed by atoms with Gasteiger partial charge in [-0.3, -0.25) is 4.79 Å². The van der Waals surface area contributed by atoms with Crippen LogP contribution >= 0.6 is 0 Å². The van der Waals surface area contributed by atoms with Crippen molar-refractivity contribution >= 4 is 12.0 Å². The molecule has 1 amide bonds. The summed E-state index contributed by atoms with van der Waals surface area (Å²) >= 11 is 0. The second kappa shape index (κ2) is 7.82. The number of carbonyl (C=O) groups excluding carboxylic acids is 1. The van der Waals surface area contributed by atoms with Gasteiger partial charge in [0.1, 0.15) is 6.33 Å². The zero-order valence-corrected chi connectivity index (χ0v) is 13.0. The van der Waals surface area contributed by atoms with E-state index in [4.69, 9.17) is 0 Å². The number of nitrogens with zero attached hydrogens (tertiary/aromatic N) is 4. The molecule has 1 heterocycles. The molecule has 2 aromatic carbocycles. The molecule has 3 rings (SSSR count). The predicted molar refractivity (Wildman–Crippen MR) is 91.3 cm³/mol. The maximum atomic E-state index is 11.8. The lowest BCUT2D eigenvalue weighted by molar-refractivity contribution is -0.116. The molecule has 0 aliphatic rings. The summed E-state index contributed by atoms with van der Waals surface area (Å²) in [7, 11) is 0. The molecule has 0 radical (unpaired) electrons. The Hall–Kier alpha value is -3.28. The third-order valence-electron chi connectivity index (χ3n) is 3.49. The molecule has 0 aliphatic heterocycles. The molecule has 0 fully saturated rings. The fraction of sp³-hybridized carbons (Fsp3) is 0.111. The van der Waals surface area contributed by atoms with Crippen molar-refractivity contribution in [3.8, 4) is 5.69 Å². The summed E-state index contributed by atoms with van der Waals surface area (Å²) in [5, 5.41) is 13.9. The maximum absolute atomic E-state index is 11.8. The van der Waals surface area contributed by atoms with Crippen LogP contribution in [0.25, 0.3) is 11.8 Å². The van der Waals surface area contributed by atoms with Gasteiger partial charge in [-0.1, -0.05) is 42.5 Å². The van der Waals surface area contributed by atoms with Crippen LogP contribution in [0.4, 0.5) is 0 Å². The van der Waals surface area contributed by atoms with Crippen molar-refractivity contribution in [3.63, 3.8) is 0 Å². The summed E-state index contributed by atoms with van der Waals surface area (Å²) in [6.45, 7) is 0.616. The number of rotatable bonds is 6. The van der Waals surface area contributed by atoms with E-state index in [0.717, 1.165) is 17.7 Å². The molecule has 0 atom stereocenters. The van der Waals surface area contributed by atoms with Crippen LogP contribution in [0, 0.1) is 0 Å². The summed E-state index contributed by atoms with van der Waals surface area (Å²) in [4.78, 5) is 11.8. The van der Waals surface area contributed by atoms with Crippen LogP contribution < -0.4 is 5.32 Å². The van der Waals surface area contributed by atoms with Gasteiger partial charge in [0.25, 0.3) is 0 Å². The monoisotopic (exact) mass is 319 g/mol. The average molecular weight is 319 g/mol. The van der Waals surface area contributed by atoms with Crippen LogP contribution in [0.3, 0.4) is 0 Å². The summed E-state index contributed by atoms with van der Waals surface area (Å²) in [5.41, 5.74) is 3.01. The van der Waals surface area contributed by atoms with Crippen molar-refractivity contribution in [2.45, 2.75) is 6.42 Å². The highest BCUT2D eigenvalue weighted by atomic mass is 16.1. The topological polar surface area (TPSA) is 72.7 Å². The summed E-state index contributed by atoms with van der Waals surface area (Å²) in [5.74, 6) is -0.101. The van der Waals surface area contributed by atoms with E-state index >= 15 is 0 Å². The Labute approximate surface area is 139 Å². The fourth-order valence-corrected chi connectivity index (χ4v) is 2.22. The molecule has 6 nitrogen and oxygen atoms in total. The molecule has 120 valence electrons. The lowest BCUT2D eigenvalue weighted by Gasteiger charge is -2.02. The normalized spacial score (nSPS) is 10.8. The zero-order valence-electron chi connectivity index (χ0n) is 13.0. The highest BCUT2D eigenvalue weighted by molar-refractivity contribution is 5.91. The molecule has 0 spiro atoms. The van der Waals surface area contributed by atoms with E-state index < -0.39 is 0 Å². The number of benzene rings is 2. The maximum Gasteiger partial charge on any atom is 0.244 e. The van der Waals surface area contributed by atoms with Gasteiger partial charge in [0, 0.05) is 12.6 Å². The molecule has 24 heavy (non-hydrogen) atoms. The molecule has 0 aliphatic carbocycles. The SMILES string of the molecule is O=C(/C=C/c1ccc(-n2cnnn2)cc1)NCCc1ccccc1. The second-order valence-corrected chi connectivity index (χ2v) is 5.21. The van der Waals surface area contributed by atoms with Gasteiger partial charge in [0.05, 0.1) is 5.69 Å². The highest BCUT2D eigenvalue weighted by Crippen LogP contribution is 2.09. The quantitative estimate of drug-likeness (QED) is 0.706. The van der Waals surface area contributed by atoms with Gasteiger partial charge in [-0.2, -0.15) is 0 Å². The highest BCUT2D eigenvalue weighted by Gasteiger charge is 1.98. The van der Waals surface area contributed by atoms with Gasteiger partial charge in [-0.15, -0.1) is 5.10 Å². The van der Waals surface area contributed by atoms with E-state index in [9.17, 15) is 4.79 Å². The lowest BCUT2D eigenvalue weighted by Crippen LogP contribution is -2.23. The molecule has 6 heteroatoms. The Kier molecular flexibility index (Phi) is 5.09. The van der Waals surface area contributed by atoms with Crippen molar-refractivity contribution in [2.75, 3.05) is 6.54 Å². The number of hydrogen-bond acceptors (Lipinski definition) is 4. The molecular weight excluding hydrogens is 302 g/mol. The number of amides is 1. The lowest BCUT2D eigenvalue weighted by atomic mass is 10.1. The van der Waals surface area contributed by atoms with Crippen LogP contribution in [0.2, 0.25) is 0 Å². The second-order valence-electron chi connectivity index (χ2n) is 5.21. The average Bonchev–Trinajstić information content (AvgIpc) is 3.16. The van der Waals surface area contributed by atoms with Gasteiger partial charge in [-0.05, 0) is 46.2 Å². The number of hydrogen-bond donors (Lipinski definition) is 1. The standard InChI is InChI=1S/C18H17N5O/c24-18(19-13-12-15-4-2-1-3-5-15)11-8-16-6-9-17(10-7-16)23-14-20-21-22-23/h1-11,14H,12-13H2,(H,19,24)/b11-8+. The summed E-state index contributed by atoms with van der Waals surface area (Å²) in [6.07, 6.45) is 5.67. The minimum absolute atomic E-state index is 0.101. The van der Waals surface area contributed by atoms with E-state index in [1.807, 2.05) is 54.6 Å². The van der Waals surface area contributed by atoms with Crippen LogP contribution in [-0.4, -0.2) is 32.7 Å². The molecule has 0 unspecified atom stereocenters. The fourth-order valence-electron chi connectivity index (χ4n) is 2.22. The first-order valence-corrected chi connectivity index (χ1v) is 7.64. The van der Waals surface area contributed by atoms with Gasteiger partial charge in [0.15, 0.2) is 0 Å². The van der Waals surface area contributed by atoms with Crippen LogP contribution in [-0.2, 0) is 11.2 Å². The Morgan fingerprint density at radius 1 is 1.08 bits per heavy atom. The van der Waals surface area contributed by atoms with Crippen molar-refractivity contribution in [1.82, 2.24) is 25.5 Å². The molecule has 3 aromatic rings. The van der Waals surface area contributed by atoms with Gasteiger partial charge in [0.2, 0.25) is 5.91 Å². The Bertz CT molecular complexity index is 795. The van der Waals surface area contributed by atoms with Crippen molar-refractivity contribution < 1.29 is 4.79 Å². The number of carbonyl (C=O) groups is 1. The van der Waals surface area contributed by atoms with E-state index in [1.165, 1.54) is 18.0 Å². The van der Waals surface area contributed by atoms with Gasteiger partial charge >= 0.3 is 0 Å². The Balaban J connectivity index is 1.49. The Morgan fingerprint density at radius 3 is 2.58 bits per heavy atom. The largest absolute Gasteiger partial charge is 0.352 e. The molecule has 0 bridgehead atoms. The third kappa shape index (κ3) is 4.36. The third-order valence-corrected chi connectivity index (χ3v) is 3.49. The van der Waals surface area contributed by atoms with Crippen LogP contribution in [0.5, 0.6) is 0 Å². The Morgan fingerprint density at radius 2 is 1.88 bits per heavy atom. The van der Waals surface area contributed by atoms with Gasteiger partial charge < -0.3 is 5.32 Å². The smallest absolute Gasteiger partial charge is 0.244 e. The van der Waals surface area contributed by atoms with Crippen molar-refractivity contribution in [2.24, 2.45) is 0 Å². The number of aromatic nitrogens is 4. The number of nitrogens with one attached hydrogen (secondary N) is 1. The van der Waals surface area contributed by atoms with Crippen LogP contribution in [0.15, 0.2) is 67.0 Å². The summed E-state index contributed by atoms with van der Waals surface area (Å²) < 4.78 is 1.57. The van der Waals surface area contributed by atoms with E-state index in [0.29, 0.717) is 6.54 Å². The minimum Gasteiger partial charge on any atom is -0.352 e. The first kappa shape index (κ1) is 15.6. The molecule has 1 aromatic heterocycles. The van der Waals surface area contributed by atoms with Crippen molar-refractivity contribution in [3.05, 3.63) is 78.1 Å². The van der Waals surface area contributed by atoms with E-state index in [1.54, 1.807) is 10.8 Å². The first-order chi connectivity index (χ1) is 11.8. The van der Waals surface area contributed by atoms with Crippen LogP contribution in [0.1, 0.15) is 11.1 Å². The molecule has 1 N–H and O–H groups in total.